The van der Waals surface area contributed by atoms with Crippen LogP contribution < -0.4 is 0 Å². The van der Waals surface area contributed by atoms with Crippen molar-refractivity contribution in [1.82, 2.24) is 4.57 Å². The summed E-state index contributed by atoms with van der Waals surface area (Å²) >= 11 is 0. The number of aryl methyl sites for hydroxylation is 2. The smallest absolute Gasteiger partial charge is 0.300 e. The number of aromatic nitrogens is 1. The summed E-state index contributed by atoms with van der Waals surface area (Å²) in [6.45, 7) is 1.92. The number of fused-ring (bicyclic) bond motifs is 1. The van der Waals surface area contributed by atoms with Gasteiger partial charge in [-0.1, -0.05) is 12.1 Å². The van der Waals surface area contributed by atoms with E-state index in [0.717, 1.165) is 11.1 Å². The third-order valence-electron chi connectivity index (χ3n) is 2.61. The first kappa shape index (κ1) is 10.8. The molecular weight excluding hydrogens is 212 g/mol. The molecule has 0 aliphatic carbocycles. The molecule has 4 heteroatoms. The average molecular weight is 223 g/mol. The topological polar surface area (TPSA) is 22.0 Å². The van der Waals surface area contributed by atoms with Crippen molar-refractivity contribution in [1.29, 1.82) is 0 Å². The minimum Gasteiger partial charge on any atom is -0.350 e. The van der Waals surface area contributed by atoms with Gasteiger partial charge >= 0.3 is 6.43 Å². The lowest BCUT2D eigenvalue weighted by molar-refractivity contribution is 0.0680. The van der Waals surface area contributed by atoms with Gasteiger partial charge in [-0.15, -0.1) is 0 Å². The number of nitrogens with zero attached hydrogens (tertiary/aromatic N) is 1. The van der Waals surface area contributed by atoms with Crippen molar-refractivity contribution < 1.29 is 13.6 Å². The third-order valence-corrected chi connectivity index (χ3v) is 2.61. The number of benzene rings is 1. The molecule has 0 aliphatic heterocycles. The molecule has 16 heavy (non-hydrogen) atoms. The Morgan fingerprint density at radius 3 is 2.69 bits per heavy atom. The highest BCUT2D eigenvalue weighted by Crippen LogP contribution is 2.23. The Bertz CT molecular complexity index is 557. The van der Waals surface area contributed by atoms with Crippen molar-refractivity contribution >= 4 is 16.7 Å². The van der Waals surface area contributed by atoms with Crippen molar-refractivity contribution in [3.63, 3.8) is 0 Å². The zero-order valence-electron chi connectivity index (χ0n) is 9.00. The highest BCUT2D eigenvalue weighted by atomic mass is 19.3. The van der Waals surface area contributed by atoms with Crippen LogP contribution in [0.5, 0.6) is 0 Å². The summed E-state index contributed by atoms with van der Waals surface area (Å²) in [6, 6.07) is 5.39. The molecule has 1 aromatic heterocycles. The maximum Gasteiger partial charge on any atom is 0.300 e. The fraction of sp³-hybridized carbons (Fsp3) is 0.250. The first-order valence-electron chi connectivity index (χ1n) is 4.88. The molecular formula is C12H11F2NO. The zero-order chi connectivity index (χ0) is 11.9. The van der Waals surface area contributed by atoms with Gasteiger partial charge in [-0.05, 0) is 18.6 Å². The minimum atomic E-state index is -2.95. The molecule has 0 radical (unpaired) electrons. The Hall–Kier alpha value is -1.71. The number of rotatable bonds is 2. The predicted octanol–water partition coefficient (Wildman–Crippen LogP) is 2.93. The van der Waals surface area contributed by atoms with Gasteiger partial charge in [0.2, 0.25) is 5.78 Å². The average Bonchev–Trinajstić information content (AvgIpc) is 2.55. The molecule has 0 unspecified atom stereocenters. The van der Waals surface area contributed by atoms with Gasteiger partial charge in [0.25, 0.3) is 0 Å². The van der Waals surface area contributed by atoms with Crippen LogP contribution in [-0.4, -0.2) is 16.8 Å². The monoisotopic (exact) mass is 223 g/mol. The van der Waals surface area contributed by atoms with E-state index in [0.29, 0.717) is 5.39 Å². The minimum absolute atomic E-state index is 0.0903. The Kier molecular flexibility index (Phi) is 2.50. The molecule has 0 spiro atoms. The van der Waals surface area contributed by atoms with E-state index in [1.165, 1.54) is 6.20 Å². The molecule has 0 fully saturated rings. The van der Waals surface area contributed by atoms with E-state index in [9.17, 15) is 13.6 Å². The largest absolute Gasteiger partial charge is 0.350 e. The second-order valence-electron chi connectivity index (χ2n) is 3.84. The number of carbonyl (C=O) groups is 1. The van der Waals surface area contributed by atoms with Gasteiger partial charge in [0.1, 0.15) is 0 Å². The van der Waals surface area contributed by atoms with E-state index >= 15 is 0 Å². The van der Waals surface area contributed by atoms with Crippen LogP contribution in [0, 0.1) is 6.92 Å². The Labute approximate surface area is 91.5 Å². The van der Waals surface area contributed by atoms with Gasteiger partial charge in [-0.3, -0.25) is 4.79 Å². The summed E-state index contributed by atoms with van der Waals surface area (Å²) in [5, 5.41) is 0.582. The van der Waals surface area contributed by atoms with Crippen LogP contribution in [0.15, 0.2) is 24.4 Å². The van der Waals surface area contributed by atoms with Gasteiger partial charge in [0.15, 0.2) is 0 Å². The molecule has 2 nitrogen and oxygen atoms in total. The number of carbonyl (C=O) groups excluding carboxylic acids is 1. The van der Waals surface area contributed by atoms with Crippen LogP contribution in [0.1, 0.15) is 15.9 Å². The molecule has 0 amide bonds. The Morgan fingerprint density at radius 1 is 1.38 bits per heavy atom. The Morgan fingerprint density at radius 2 is 2.06 bits per heavy atom. The highest BCUT2D eigenvalue weighted by molar-refractivity contribution is 6.09. The maximum absolute atomic E-state index is 12.4. The summed E-state index contributed by atoms with van der Waals surface area (Å²) in [4.78, 5) is 11.3. The maximum atomic E-state index is 12.4. The molecule has 0 aliphatic rings. The van der Waals surface area contributed by atoms with E-state index in [-0.39, 0.29) is 5.56 Å². The molecule has 0 saturated heterocycles. The summed E-state index contributed by atoms with van der Waals surface area (Å²) in [6.07, 6.45) is -1.49. The third kappa shape index (κ3) is 1.60. The summed E-state index contributed by atoms with van der Waals surface area (Å²) < 4.78 is 26.4. The van der Waals surface area contributed by atoms with Crippen molar-refractivity contribution in [3.8, 4) is 0 Å². The predicted molar refractivity (Wildman–Crippen MR) is 58.0 cm³/mol. The molecule has 84 valence electrons. The van der Waals surface area contributed by atoms with Crippen molar-refractivity contribution in [2.75, 3.05) is 0 Å². The molecule has 2 aromatic rings. The van der Waals surface area contributed by atoms with Gasteiger partial charge in [-0.25, -0.2) is 8.78 Å². The number of hydrogen-bond acceptors (Lipinski definition) is 1. The number of hydrogen-bond donors (Lipinski definition) is 0. The van der Waals surface area contributed by atoms with Crippen molar-refractivity contribution in [2.45, 2.75) is 13.3 Å². The molecule has 0 saturated carbocycles. The lowest BCUT2D eigenvalue weighted by Gasteiger charge is -1.98. The number of Topliss-reactive ketones (excluding diaryl/α,β-unsaturated/α-hetero) is 1. The van der Waals surface area contributed by atoms with Gasteiger partial charge in [-0.2, -0.15) is 0 Å². The van der Waals surface area contributed by atoms with Gasteiger partial charge < -0.3 is 4.57 Å². The molecule has 0 atom stereocenters. The quantitative estimate of drug-likeness (QED) is 0.717. The van der Waals surface area contributed by atoms with Crippen LogP contribution in [0.25, 0.3) is 10.9 Å². The number of halogens is 2. The Balaban J connectivity index is 2.69. The molecule has 0 N–H and O–H groups in total. The first-order valence-corrected chi connectivity index (χ1v) is 4.88. The van der Waals surface area contributed by atoms with Crippen LogP contribution >= 0.6 is 0 Å². The van der Waals surface area contributed by atoms with Gasteiger partial charge in [0.05, 0.1) is 0 Å². The SMILES string of the molecule is Cc1ccc2c(C(=O)C(F)F)cn(C)c2c1. The van der Waals surface area contributed by atoms with Crippen LogP contribution in [0.4, 0.5) is 8.78 Å². The number of alkyl halides is 2. The van der Waals surface area contributed by atoms with Gasteiger partial charge in [0, 0.05) is 29.7 Å². The van der Waals surface area contributed by atoms with E-state index in [1.54, 1.807) is 17.7 Å². The normalized spacial score (nSPS) is 11.3. The molecule has 0 bridgehead atoms. The second-order valence-corrected chi connectivity index (χ2v) is 3.84. The van der Waals surface area contributed by atoms with Crippen LogP contribution in [-0.2, 0) is 7.05 Å². The van der Waals surface area contributed by atoms with E-state index < -0.39 is 12.2 Å². The standard InChI is InChI=1S/C12H11F2NO/c1-7-3-4-8-9(11(16)12(13)14)6-15(2)10(8)5-7/h3-6,12H,1-2H3. The van der Waals surface area contributed by atoms with Crippen molar-refractivity contribution in [3.05, 3.63) is 35.5 Å². The molecule has 2 rings (SSSR count). The van der Waals surface area contributed by atoms with E-state index in [2.05, 4.69) is 0 Å². The summed E-state index contributed by atoms with van der Waals surface area (Å²) in [5.41, 5.74) is 1.92. The summed E-state index contributed by atoms with van der Waals surface area (Å²) in [5.74, 6) is -1.12. The van der Waals surface area contributed by atoms with Crippen LogP contribution in [0.3, 0.4) is 0 Å². The fourth-order valence-electron chi connectivity index (χ4n) is 1.81. The number of ketones is 1. The highest BCUT2D eigenvalue weighted by Gasteiger charge is 2.21. The molecule has 1 heterocycles. The lowest BCUT2D eigenvalue weighted by Crippen LogP contribution is -2.09. The first-order chi connectivity index (χ1) is 7.50. The molecule has 1 aromatic carbocycles. The van der Waals surface area contributed by atoms with E-state index in [1.807, 2.05) is 19.1 Å². The lowest BCUT2D eigenvalue weighted by atomic mass is 10.1. The zero-order valence-corrected chi connectivity index (χ0v) is 9.00. The van der Waals surface area contributed by atoms with Crippen molar-refractivity contribution in [2.24, 2.45) is 7.05 Å². The second kappa shape index (κ2) is 3.70. The summed E-state index contributed by atoms with van der Waals surface area (Å²) in [7, 11) is 1.74. The van der Waals surface area contributed by atoms with Crippen LogP contribution in [0.2, 0.25) is 0 Å². The van der Waals surface area contributed by atoms with E-state index in [4.69, 9.17) is 0 Å². The fourth-order valence-corrected chi connectivity index (χ4v) is 1.81.